The quantitative estimate of drug-likeness (QED) is 0.526. The van der Waals surface area contributed by atoms with Gasteiger partial charge < -0.3 is 14.6 Å². The summed E-state index contributed by atoms with van der Waals surface area (Å²) in [6, 6.07) is 0. The van der Waals surface area contributed by atoms with Crippen LogP contribution in [0.1, 0.15) is 33.6 Å². The Balaban J connectivity index is 1.93. The molecule has 4 unspecified atom stereocenters. The fourth-order valence-corrected chi connectivity index (χ4v) is 4.79. The molecule has 3 fully saturated rings. The first-order chi connectivity index (χ1) is 11.8. The molecule has 3 aliphatic heterocycles. The molecule has 1 saturated carbocycles. The van der Waals surface area contributed by atoms with Crippen molar-refractivity contribution in [2.24, 2.45) is 23.7 Å². The van der Waals surface area contributed by atoms with Gasteiger partial charge in [0.25, 0.3) is 0 Å². The molecule has 0 amide bonds. The molecule has 25 heavy (non-hydrogen) atoms. The highest BCUT2D eigenvalue weighted by molar-refractivity contribution is 6.20. The second-order valence-electron chi connectivity index (χ2n) is 7.93. The van der Waals surface area contributed by atoms with E-state index in [2.05, 4.69) is 0 Å². The summed E-state index contributed by atoms with van der Waals surface area (Å²) in [7, 11) is 0. The third-order valence-corrected chi connectivity index (χ3v) is 6.13. The minimum absolute atomic E-state index is 0.0252. The lowest BCUT2D eigenvalue weighted by atomic mass is 9.64. The molecule has 0 aromatic heterocycles. The van der Waals surface area contributed by atoms with Gasteiger partial charge in [0.05, 0.1) is 5.92 Å². The summed E-state index contributed by atoms with van der Waals surface area (Å²) in [6.07, 6.45) is 2.51. The van der Waals surface area contributed by atoms with Crippen molar-refractivity contribution in [1.29, 1.82) is 0 Å². The van der Waals surface area contributed by atoms with Crippen molar-refractivity contribution >= 4 is 17.5 Å². The average molecular weight is 346 g/mol. The van der Waals surface area contributed by atoms with Gasteiger partial charge in [-0.05, 0) is 18.4 Å². The van der Waals surface area contributed by atoms with E-state index in [0.29, 0.717) is 12.8 Å². The Morgan fingerprint density at radius 2 is 1.88 bits per heavy atom. The van der Waals surface area contributed by atoms with Crippen LogP contribution >= 0.6 is 0 Å². The molecule has 1 spiro atoms. The molecular weight excluding hydrogens is 324 g/mol. The Labute approximate surface area is 145 Å². The molecular formula is C19H22O6. The third kappa shape index (κ3) is 2.09. The highest BCUT2D eigenvalue weighted by Crippen LogP contribution is 2.56. The van der Waals surface area contributed by atoms with Gasteiger partial charge in [0.1, 0.15) is 17.8 Å². The van der Waals surface area contributed by atoms with Crippen LogP contribution in [-0.4, -0.2) is 40.5 Å². The molecule has 0 radical (unpaired) electrons. The minimum atomic E-state index is -1.18. The standard InChI is InChI=1S/C19H22O6/c1-8-6-9(2)14(21)13-17-19(25-18(13)23)7-10(3)16(24-17)15(22)11(19)4-5-12(8)20/h4-5,8-11,15-16,22H,6-7H2,1-3H3/b5-4-/t8-,9+,10?,11?,15?,16?,19+/m0/s1. The van der Waals surface area contributed by atoms with E-state index in [0.717, 1.165) is 0 Å². The number of hydrogen-bond donors (Lipinski definition) is 1. The van der Waals surface area contributed by atoms with Crippen molar-refractivity contribution in [1.82, 2.24) is 0 Å². The molecule has 0 aromatic carbocycles. The highest BCUT2D eigenvalue weighted by atomic mass is 16.6. The largest absolute Gasteiger partial charge is 0.486 e. The minimum Gasteiger partial charge on any atom is -0.486 e. The fraction of sp³-hybridized carbons (Fsp3) is 0.632. The molecule has 3 heterocycles. The number of hydrogen-bond acceptors (Lipinski definition) is 6. The summed E-state index contributed by atoms with van der Waals surface area (Å²) in [6.45, 7) is 5.41. The van der Waals surface area contributed by atoms with Gasteiger partial charge in [0.15, 0.2) is 22.9 Å². The number of ether oxygens (including phenoxy) is 2. The van der Waals surface area contributed by atoms with E-state index in [1.807, 2.05) is 6.92 Å². The van der Waals surface area contributed by atoms with Crippen molar-refractivity contribution in [3.8, 4) is 0 Å². The van der Waals surface area contributed by atoms with Gasteiger partial charge in [-0.1, -0.05) is 26.8 Å². The van der Waals surface area contributed by atoms with E-state index >= 15 is 0 Å². The van der Waals surface area contributed by atoms with Crippen LogP contribution in [0, 0.1) is 23.7 Å². The van der Waals surface area contributed by atoms with Gasteiger partial charge in [0.2, 0.25) is 0 Å². The normalized spacial score (nSPS) is 47.3. The predicted molar refractivity (Wildman–Crippen MR) is 86.1 cm³/mol. The van der Waals surface area contributed by atoms with Crippen LogP contribution in [-0.2, 0) is 23.9 Å². The van der Waals surface area contributed by atoms with Crippen molar-refractivity contribution in [3.05, 3.63) is 23.5 Å². The lowest BCUT2D eigenvalue weighted by Crippen LogP contribution is -2.63. The maximum atomic E-state index is 12.9. The summed E-state index contributed by atoms with van der Waals surface area (Å²) in [5, 5.41) is 10.7. The first-order valence-electron chi connectivity index (χ1n) is 8.85. The fourth-order valence-electron chi connectivity index (χ4n) is 4.79. The molecule has 7 atom stereocenters. The Morgan fingerprint density at radius 3 is 2.60 bits per heavy atom. The van der Waals surface area contributed by atoms with E-state index in [-0.39, 0.29) is 34.7 Å². The molecule has 5 bridgehead atoms. The van der Waals surface area contributed by atoms with Gasteiger partial charge >= 0.3 is 5.97 Å². The molecule has 1 N–H and O–H groups in total. The summed E-state index contributed by atoms with van der Waals surface area (Å²) >= 11 is 0. The van der Waals surface area contributed by atoms with Crippen LogP contribution in [0.25, 0.3) is 0 Å². The van der Waals surface area contributed by atoms with Gasteiger partial charge in [-0.3, -0.25) is 9.59 Å². The Morgan fingerprint density at radius 1 is 1.16 bits per heavy atom. The van der Waals surface area contributed by atoms with Crippen LogP contribution in [0.15, 0.2) is 23.5 Å². The number of ketones is 2. The second-order valence-corrected chi connectivity index (χ2v) is 7.93. The number of aliphatic hydroxyl groups excluding tert-OH is 1. The number of esters is 1. The predicted octanol–water partition coefficient (Wildman–Crippen LogP) is 1.32. The van der Waals surface area contributed by atoms with Crippen molar-refractivity contribution in [2.45, 2.75) is 51.4 Å². The highest BCUT2D eigenvalue weighted by Gasteiger charge is 2.67. The molecule has 5 aliphatic rings. The van der Waals surface area contributed by atoms with E-state index in [1.165, 1.54) is 6.08 Å². The summed E-state index contributed by atoms with van der Waals surface area (Å²) in [4.78, 5) is 37.8. The SMILES string of the molecule is CC1C[C@]23OC(=O)C4=C2OC1C(O)C3/C=C\C(=O)[C@@H](C)C[C@@H](C)C4=O. The molecule has 2 aliphatic carbocycles. The molecule has 6 heteroatoms. The van der Waals surface area contributed by atoms with Gasteiger partial charge in [0, 0.05) is 18.3 Å². The lowest BCUT2D eigenvalue weighted by molar-refractivity contribution is -0.220. The zero-order valence-electron chi connectivity index (χ0n) is 14.5. The van der Waals surface area contributed by atoms with Crippen LogP contribution in [0.4, 0.5) is 0 Å². The van der Waals surface area contributed by atoms with Crippen LogP contribution in [0.5, 0.6) is 0 Å². The van der Waals surface area contributed by atoms with Gasteiger partial charge in [-0.15, -0.1) is 0 Å². The maximum absolute atomic E-state index is 12.9. The first kappa shape index (κ1) is 16.5. The third-order valence-electron chi connectivity index (χ3n) is 6.13. The van der Waals surface area contributed by atoms with E-state index in [1.54, 1.807) is 19.9 Å². The van der Waals surface area contributed by atoms with Gasteiger partial charge in [-0.2, -0.15) is 0 Å². The maximum Gasteiger partial charge on any atom is 0.346 e. The van der Waals surface area contributed by atoms with Crippen LogP contribution in [0.2, 0.25) is 0 Å². The smallest absolute Gasteiger partial charge is 0.346 e. The Bertz CT molecular complexity index is 734. The van der Waals surface area contributed by atoms with E-state index < -0.39 is 35.6 Å². The molecule has 5 rings (SSSR count). The van der Waals surface area contributed by atoms with Crippen molar-refractivity contribution in [3.63, 3.8) is 0 Å². The average Bonchev–Trinajstić information content (AvgIpc) is 2.83. The van der Waals surface area contributed by atoms with Crippen LogP contribution in [0.3, 0.4) is 0 Å². The van der Waals surface area contributed by atoms with Crippen molar-refractivity contribution in [2.75, 3.05) is 0 Å². The molecule has 2 saturated heterocycles. The number of rotatable bonds is 0. The van der Waals surface area contributed by atoms with Gasteiger partial charge in [-0.25, -0.2) is 4.79 Å². The summed E-state index contributed by atoms with van der Waals surface area (Å²) < 4.78 is 11.6. The van der Waals surface area contributed by atoms with Crippen molar-refractivity contribution < 1.29 is 29.0 Å². The number of Topliss-reactive ketones (excluding diaryl/α,β-unsaturated/α-hetero) is 1. The monoisotopic (exact) mass is 346 g/mol. The Kier molecular flexibility index (Phi) is 3.48. The number of allylic oxidation sites excluding steroid dienone is 1. The summed E-state index contributed by atoms with van der Waals surface area (Å²) in [5.74, 6) is -2.27. The molecule has 0 aromatic rings. The zero-order valence-corrected chi connectivity index (χ0v) is 14.5. The zero-order chi connectivity index (χ0) is 18.1. The number of aliphatic hydroxyl groups is 1. The second kappa shape index (κ2) is 5.27. The van der Waals surface area contributed by atoms with E-state index in [4.69, 9.17) is 9.47 Å². The summed E-state index contributed by atoms with van der Waals surface area (Å²) in [5.41, 5.74) is -1.21. The number of carbonyl (C=O) groups is 3. The van der Waals surface area contributed by atoms with Crippen LogP contribution < -0.4 is 0 Å². The lowest BCUT2D eigenvalue weighted by Gasteiger charge is -2.54. The molecule has 6 nitrogen and oxygen atoms in total. The number of fused-ring (bicyclic) bond motifs is 1. The number of carbonyl (C=O) groups excluding carboxylic acids is 3. The topological polar surface area (TPSA) is 89.9 Å². The Hall–Kier alpha value is -1.95. The molecule has 134 valence electrons. The first-order valence-corrected chi connectivity index (χ1v) is 8.85. The van der Waals surface area contributed by atoms with E-state index in [9.17, 15) is 19.5 Å².